The zero-order chi connectivity index (χ0) is 11.6. The summed E-state index contributed by atoms with van der Waals surface area (Å²) in [5.74, 6) is 0. The average Bonchev–Trinajstić information content (AvgIpc) is 2.34. The Kier molecular flexibility index (Phi) is 7.81. The molecule has 1 N–H and O–H groups in total. The van der Waals surface area contributed by atoms with E-state index in [-0.39, 0.29) is 0 Å². The molecule has 1 aliphatic rings. The number of methoxy groups -OCH3 is 1. The Labute approximate surface area is 101 Å². The molecule has 96 valence electrons. The first-order chi connectivity index (χ1) is 7.88. The summed E-state index contributed by atoms with van der Waals surface area (Å²) in [7, 11) is 1.76. The van der Waals surface area contributed by atoms with Crippen LogP contribution in [0.2, 0.25) is 0 Å². The number of rotatable bonds is 8. The highest BCUT2D eigenvalue weighted by molar-refractivity contribution is 4.75. The first kappa shape index (κ1) is 13.9. The minimum atomic E-state index is 0.842. The number of likely N-dealkylation sites (tertiary alicyclic amines) is 1. The molecule has 0 bridgehead atoms. The van der Waals surface area contributed by atoms with Gasteiger partial charge in [0, 0.05) is 32.8 Å². The van der Waals surface area contributed by atoms with Crippen molar-refractivity contribution in [3.63, 3.8) is 0 Å². The molecule has 1 atom stereocenters. The van der Waals surface area contributed by atoms with Crippen molar-refractivity contribution in [3.05, 3.63) is 0 Å². The van der Waals surface area contributed by atoms with Gasteiger partial charge in [-0.15, -0.1) is 0 Å². The summed E-state index contributed by atoms with van der Waals surface area (Å²) in [5, 5.41) is 3.49. The van der Waals surface area contributed by atoms with Gasteiger partial charge in [0.2, 0.25) is 0 Å². The van der Waals surface area contributed by atoms with Crippen LogP contribution >= 0.6 is 0 Å². The summed E-state index contributed by atoms with van der Waals surface area (Å²) in [4.78, 5) is 2.66. The molecule has 1 fully saturated rings. The van der Waals surface area contributed by atoms with Gasteiger partial charge in [-0.05, 0) is 38.8 Å². The van der Waals surface area contributed by atoms with E-state index in [0.29, 0.717) is 0 Å². The molecule has 0 radical (unpaired) electrons. The number of hydrogen-bond donors (Lipinski definition) is 1. The predicted octanol–water partition coefficient (Wildman–Crippen LogP) is 1.88. The van der Waals surface area contributed by atoms with Gasteiger partial charge in [-0.25, -0.2) is 0 Å². The van der Waals surface area contributed by atoms with E-state index in [4.69, 9.17) is 4.74 Å². The molecule has 0 aliphatic carbocycles. The van der Waals surface area contributed by atoms with Crippen molar-refractivity contribution in [2.45, 2.75) is 45.1 Å². The van der Waals surface area contributed by atoms with Crippen molar-refractivity contribution in [3.8, 4) is 0 Å². The maximum Gasteiger partial charge on any atom is 0.0474 e. The third-order valence-corrected chi connectivity index (χ3v) is 3.50. The maximum absolute atomic E-state index is 5.02. The van der Waals surface area contributed by atoms with Crippen molar-refractivity contribution in [2.75, 3.05) is 39.9 Å². The molecule has 1 heterocycles. The van der Waals surface area contributed by atoms with Crippen LogP contribution < -0.4 is 5.32 Å². The van der Waals surface area contributed by atoms with E-state index in [1.807, 2.05) is 0 Å². The Morgan fingerprint density at radius 3 is 2.94 bits per heavy atom. The topological polar surface area (TPSA) is 24.5 Å². The van der Waals surface area contributed by atoms with E-state index in [2.05, 4.69) is 17.1 Å². The van der Waals surface area contributed by atoms with Gasteiger partial charge in [0.05, 0.1) is 0 Å². The van der Waals surface area contributed by atoms with Crippen molar-refractivity contribution in [1.82, 2.24) is 10.2 Å². The van der Waals surface area contributed by atoms with Gasteiger partial charge in [0.15, 0.2) is 0 Å². The number of piperidine rings is 1. The van der Waals surface area contributed by atoms with Crippen LogP contribution in [0.3, 0.4) is 0 Å². The Hall–Kier alpha value is -0.120. The third kappa shape index (κ3) is 5.28. The lowest BCUT2D eigenvalue weighted by atomic mass is 10.0. The van der Waals surface area contributed by atoms with E-state index < -0.39 is 0 Å². The first-order valence-corrected chi connectivity index (χ1v) is 6.82. The van der Waals surface area contributed by atoms with Gasteiger partial charge in [-0.3, -0.25) is 4.90 Å². The fraction of sp³-hybridized carbons (Fsp3) is 1.00. The van der Waals surface area contributed by atoms with Gasteiger partial charge in [-0.1, -0.05) is 13.3 Å². The summed E-state index contributed by atoms with van der Waals surface area (Å²) in [6.07, 6.45) is 6.65. The smallest absolute Gasteiger partial charge is 0.0474 e. The third-order valence-electron chi connectivity index (χ3n) is 3.50. The Morgan fingerprint density at radius 2 is 2.19 bits per heavy atom. The fourth-order valence-electron chi connectivity index (χ4n) is 2.51. The highest BCUT2D eigenvalue weighted by atomic mass is 16.5. The van der Waals surface area contributed by atoms with Crippen LogP contribution in [0.5, 0.6) is 0 Å². The van der Waals surface area contributed by atoms with Gasteiger partial charge in [-0.2, -0.15) is 0 Å². The largest absolute Gasteiger partial charge is 0.385 e. The summed E-state index contributed by atoms with van der Waals surface area (Å²) >= 11 is 0. The van der Waals surface area contributed by atoms with Crippen LogP contribution in [0.25, 0.3) is 0 Å². The maximum atomic E-state index is 5.02. The molecule has 0 aromatic carbocycles. The highest BCUT2D eigenvalue weighted by Gasteiger charge is 2.19. The quantitative estimate of drug-likeness (QED) is 0.642. The second-order valence-electron chi connectivity index (χ2n) is 4.69. The fourth-order valence-corrected chi connectivity index (χ4v) is 2.51. The van der Waals surface area contributed by atoms with Crippen molar-refractivity contribution in [2.24, 2.45) is 0 Å². The van der Waals surface area contributed by atoms with Crippen LogP contribution in [0.15, 0.2) is 0 Å². The molecule has 1 aliphatic heterocycles. The number of nitrogens with zero attached hydrogens (tertiary/aromatic N) is 1. The highest BCUT2D eigenvalue weighted by Crippen LogP contribution is 2.18. The molecule has 16 heavy (non-hydrogen) atoms. The summed E-state index contributed by atoms with van der Waals surface area (Å²) in [6.45, 7) is 7.91. The monoisotopic (exact) mass is 228 g/mol. The molecule has 1 rings (SSSR count). The van der Waals surface area contributed by atoms with Gasteiger partial charge in [0.1, 0.15) is 0 Å². The lowest BCUT2D eigenvalue weighted by Gasteiger charge is -2.35. The van der Waals surface area contributed by atoms with E-state index in [1.54, 1.807) is 7.11 Å². The Morgan fingerprint density at radius 1 is 1.31 bits per heavy atom. The predicted molar refractivity (Wildman–Crippen MR) is 68.9 cm³/mol. The van der Waals surface area contributed by atoms with Crippen LogP contribution in [0.1, 0.15) is 39.0 Å². The lowest BCUT2D eigenvalue weighted by Crippen LogP contribution is -2.42. The van der Waals surface area contributed by atoms with Gasteiger partial charge >= 0.3 is 0 Å². The summed E-state index contributed by atoms with van der Waals surface area (Å²) < 4.78 is 5.02. The SMILES string of the molecule is CCC1CCCCN1CCNCCCOC. The number of nitrogens with one attached hydrogen (secondary N) is 1. The molecule has 3 nitrogen and oxygen atoms in total. The van der Waals surface area contributed by atoms with Gasteiger partial charge < -0.3 is 10.1 Å². The van der Waals surface area contributed by atoms with Crippen molar-refractivity contribution < 1.29 is 4.74 Å². The normalized spacial score (nSPS) is 22.5. The second-order valence-corrected chi connectivity index (χ2v) is 4.69. The molecule has 1 saturated heterocycles. The van der Waals surface area contributed by atoms with Crippen LogP contribution in [-0.4, -0.2) is 50.8 Å². The van der Waals surface area contributed by atoms with E-state index in [1.165, 1.54) is 38.8 Å². The molecule has 3 heteroatoms. The van der Waals surface area contributed by atoms with Crippen LogP contribution in [-0.2, 0) is 4.74 Å². The standard InChI is InChI=1S/C13H28N2O/c1-3-13-7-4-5-10-15(13)11-9-14-8-6-12-16-2/h13-14H,3-12H2,1-2H3. The summed E-state index contributed by atoms with van der Waals surface area (Å²) in [5.41, 5.74) is 0. The lowest BCUT2D eigenvalue weighted by molar-refractivity contribution is 0.144. The number of hydrogen-bond acceptors (Lipinski definition) is 3. The molecular weight excluding hydrogens is 200 g/mol. The zero-order valence-corrected chi connectivity index (χ0v) is 11.0. The Balaban J connectivity index is 2.02. The van der Waals surface area contributed by atoms with E-state index in [9.17, 15) is 0 Å². The molecule has 0 amide bonds. The second kappa shape index (κ2) is 8.97. The van der Waals surface area contributed by atoms with Crippen LogP contribution in [0.4, 0.5) is 0 Å². The number of ether oxygens (including phenoxy) is 1. The average molecular weight is 228 g/mol. The molecule has 0 spiro atoms. The molecule has 0 aromatic heterocycles. The molecule has 1 unspecified atom stereocenters. The minimum Gasteiger partial charge on any atom is -0.385 e. The first-order valence-electron chi connectivity index (χ1n) is 6.82. The molecule has 0 saturated carbocycles. The van der Waals surface area contributed by atoms with Crippen molar-refractivity contribution in [1.29, 1.82) is 0 Å². The van der Waals surface area contributed by atoms with E-state index in [0.717, 1.165) is 32.2 Å². The molecule has 0 aromatic rings. The van der Waals surface area contributed by atoms with Crippen molar-refractivity contribution >= 4 is 0 Å². The summed E-state index contributed by atoms with van der Waals surface area (Å²) in [6, 6.07) is 0.842. The molecular formula is C13H28N2O. The van der Waals surface area contributed by atoms with E-state index >= 15 is 0 Å². The van der Waals surface area contributed by atoms with Crippen LogP contribution in [0, 0.1) is 0 Å². The minimum absolute atomic E-state index is 0.842. The Bertz CT molecular complexity index is 164. The van der Waals surface area contributed by atoms with Gasteiger partial charge in [0.25, 0.3) is 0 Å². The zero-order valence-electron chi connectivity index (χ0n) is 11.0.